The van der Waals surface area contributed by atoms with Gasteiger partial charge in [-0.2, -0.15) is 0 Å². The van der Waals surface area contributed by atoms with Crippen LogP contribution in [0.5, 0.6) is 0 Å². The van der Waals surface area contributed by atoms with Gasteiger partial charge >= 0.3 is 0 Å². The van der Waals surface area contributed by atoms with Crippen LogP contribution in [0.3, 0.4) is 0 Å². The molecule has 0 heterocycles. The second-order valence-corrected chi connectivity index (χ2v) is 16.1. The Bertz CT molecular complexity index is 1770. The minimum absolute atomic E-state index is 0.0216. The highest BCUT2D eigenvalue weighted by Gasteiger charge is 2.49. The van der Waals surface area contributed by atoms with Gasteiger partial charge in [-0.1, -0.05) is 171 Å². The van der Waals surface area contributed by atoms with E-state index in [1.807, 2.05) is 0 Å². The summed E-state index contributed by atoms with van der Waals surface area (Å²) in [6, 6.07) is 40.7. The van der Waals surface area contributed by atoms with Crippen LogP contribution in [0.25, 0.3) is 22.3 Å². The average molecular weight is 597 g/mol. The van der Waals surface area contributed by atoms with E-state index in [1.165, 1.54) is 61.2 Å². The predicted octanol–water partition coefficient (Wildman–Crippen LogP) is 12.3. The molecule has 6 rings (SSSR count). The lowest BCUT2D eigenvalue weighted by Crippen LogP contribution is -2.32. The van der Waals surface area contributed by atoms with Crippen molar-refractivity contribution in [2.24, 2.45) is 0 Å². The highest BCUT2D eigenvalue weighted by molar-refractivity contribution is 6.30. The molecule has 0 aliphatic heterocycles. The Labute approximate surface area is 270 Å². The molecule has 0 spiro atoms. The maximum absolute atomic E-state index is 6.90. The Balaban J connectivity index is 1.85. The molecular formula is C43H45Cl. The maximum Gasteiger partial charge on any atom is 0.0717 e. The van der Waals surface area contributed by atoms with E-state index >= 15 is 0 Å². The predicted molar refractivity (Wildman–Crippen MR) is 190 cm³/mol. The van der Waals surface area contributed by atoms with Gasteiger partial charge in [0.25, 0.3) is 0 Å². The molecule has 0 fully saturated rings. The molecule has 0 atom stereocenters. The largest absolute Gasteiger partial charge is 0.0843 e. The number of fused-ring (bicyclic) bond motifs is 3. The van der Waals surface area contributed by atoms with Gasteiger partial charge in [0, 0.05) is 5.02 Å². The first-order valence-electron chi connectivity index (χ1n) is 15.9. The number of hydrogen-bond acceptors (Lipinski definition) is 0. The van der Waals surface area contributed by atoms with Crippen LogP contribution in [0.2, 0.25) is 5.02 Å². The van der Waals surface area contributed by atoms with Crippen molar-refractivity contribution in [1.82, 2.24) is 0 Å². The normalized spacial score (nSPS) is 14.3. The van der Waals surface area contributed by atoms with Gasteiger partial charge in [-0.25, -0.2) is 0 Å². The van der Waals surface area contributed by atoms with Gasteiger partial charge in [0.2, 0.25) is 0 Å². The molecule has 1 aliphatic carbocycles. The van der Waals surface area contributed by atoms with E-state index < -0.39 is 5.41 Å². The van der Waals surface area contributed by atoms with Crippen molar-refractivity contribution < 1.29 is 0 Å². The van der Waals surface area contributed by atoms with Crippen LogP contribution in [0.15, 0.2) is 109 Å². The van der Waals surface area contributed by atoms with E-state index in [0.29, 0.717) is 0 Å². The third kappa shape index (κ3) is 4.93. The van der Waals surface area contributed by atoms with Crippen molar-refractivity contribution in [2.45, 2.75) is 84.0 Å². The Morgan fingerprint density at radius 3 is 1.48 bits per heavy atom. The number of rotatable bonds is 3. The van der Waals surface area contributed by atoms with Crippen LogP contribution < -0.4 is 0 Å². The molecule has 1 heteroatoms. The first-order chi connectivity index (χ1) is 20.6. The SMILES string of the molecule is CC(C)(C)c1cc(-c2ccc(C(C)(C)C)c3c2-c2ccc(Cl)cc2C3(c2ccccc2)c2ccccc2)cc(C(C)(C)C)c1. The van der Waals surface area contributed by atoms with Gasteiger partial charge in [-0.3, -0.25) is 0 Å². The van der Waals surface area contributed by atoms with Gasteiger partial charge in [0.05, 0.1) is 5.41 Å². The maximum atomic E-state index is 6.90. The Morgan fingerprint density at radius 1 is 0.500 bits per heavy atom. The Morgan fingerprint density at radius 2 is 1.00 bits per heavy atom. The number of benzene rings is 5. The minimum atomic E-state index is -0.523. The minimum Gasteiger partial charge on any atom is -0.0843 e. The second-order valence-electron chi connectivity index (χ2n) is 15.6. The molecule has 0 aromatic heterocycles. The zero-order chi connectivity index (χ0) is 31.7. The lowest BCUT2D eigenvalue weighted by Gasteiger charge is -2.38. The highest BCUT2D eigenvalue weighted by Crippen LogP contribution is 2.61. The molecule has 0 N–H and O–H groups in total. The van der Waals surface area contributed by atoms with E-state index in [2.05, 4.69) is 172 Å². The lowest BCUT2D eigenvalue weighted by molar-refractivity contribution is 0.569. The highest BCUT2D eigenvalue weighted by atomic mass is 35.5. The molecular weight excluding hydrogens is 552 g/mol. The molecule has 0 unspecified atom stereocenters. The molecule has 44 heavy (non-hydrogen) atoms. The van der Waals surface area contributed by atoms with Crippen molar-refractivity contribution in [3.8, 4) is 22.3 Å². The summed E-state index contributed by atoms with van der Waals surface area (Å²) in [6.07, 6.45) is 0. The topological polar surface area (TPSA) is 0 Å². The fourth-order valence-electron chi connectivity index (χ4n) is 7.11. The summed E-state index contributed by atoms with van der Waals surface area (Å²) in [6.45, 7) is 20.9. The van der Waals surface area contributed by atoms with Crippen LogP contribution >= 0.6 is 11.6 Å². The van der Waals surface area contributed by atoms with Crippen LogP contribution in [0, 0.1) is 0 Å². The van der Waals surface area contributed by atoms with Gasteiger partial charge in [0.1, 0.15) is 0 Å². The van der Waals surface area contributed by atoms with E-state index in [-0.39, 0.29) is 16.2 Å². The fourth-order valence-corrected chi connectivity index (χ4v) is 7.28. The summed E-state index contributed by atoms with van der Waals surface area (Å²) in [7, 11) is 0. The molecule has 0 radical (unpaired) electrons. The molecule has 5 aromatic rings. The smallest absolute Gasteiger partial charge is 0.0717 e. The van der Waals surface area contributed by atoms with Crippen LogP contribution in [0.4, 0.5) is 0 Å². The third-order valence-corrected chi connectivity index (χ3v) is 9.67. The second kappa shape index (κ2) is 10.5. The summed E-state index contributed by atoms with van der Waals surface area (Å²) in [5.74, 6) is 0. The average Bonchev–Trinajstić information content (AvgIpc) is 3.27. The summed E-state index contributed by atoms with van der Waals surface area (Å²) in [4.78, 5) is 0. The van der Waals surface area contributed by atoms with E-state index in [0.717, 1.165) is 5.02 Å². The molecule has 5 aromatic carbocycles. The molecule has 224 valence electrons. The summed E-state index contributed by atoms with van der Waals surface area (Å²) in [5.41, 5.74) is 13.8. The number of hydrogen-bond donors (Lipinski definition) is 0. The summed E-state index contributed by atoms with van der Waals surface area (Å²) < 4.78 is 0. The van der Waals surface area contributed by atoms with E-state index in [1.54, 1.807) is 0 Å². The molecule has 0 bridgehead atoms. The molecule has 0 amide bonds. The zero-order valence-electron chi connectivity index (χ0n) is 27.8. The van der Waals surface area contributed by atoms with Crippen molar-refractivity contribution in [1.29, 1.82) is 0 Å². The Kier molecular flexibility index (Phi) is 7.25. The zero-order valence-corrected chi connectivity index (χ0v) is 28.5. The van der Waals surface area contributed by atoms with Crippen LogP contribution in [-0.4, -0.2) is 0 Å². The van der Waals surface area contributed by atoms with Crippen LogP contribution in [0.1, 0.15) is 101 Å². The Hall–Kier alpha value is -3.61. The number of halogens is 1. The van der Waals surface area contributed by atoms with E-state index in [9.17, 15) is 0 Å². The molecule has 0 saturated carbocycles. The van der Waals surface area contributed by atoms with Gasteiger partial charge in [0.15, 0.2) is 0 Å². The van der Waals surface area contributed by atoms with E-state index in [4.69, 9.17) is 11.6 Å². The van der Waals surface area contributed by atoms with Crippen LogP contribution in [-0.2, 0) is 21.7 Å². The van der Waals surface area contributed by atoms with Crippen molar-refractivity contribution in [3.63, 3.8) is 0 Å². The van der Waals surface area contributed by atoms with Gasteiger partial charge in [-0.15, -0.1) is 0 Å². The monoisotopic (exact) mass is 596 g/mol. The first-order valence-corrected chi connectivity index (χ1v) is 16.3. The van der Waals surface area contributed by atoms with Crippen molar-refractivity contribution in [2.75, 3.05) is 0 Å². The van der Waals surface area contributed by atoms with Gasteiger partial charge < -0.3 is 0 Å². The van der Waals surface area contributed by atoms with Gasteiger partial charge in [-0.05, 0) is 89.6 Å². The molecule has 0 nitrogen and oxygen atoms in total. The molecule has 0 saturated heterocycles. The van der Waals surface area contributed by atoms with Crippen molar-refractivity contribution in [3.05, 3.63) is 153 Å². The third-order valence-electron chi connectivity index (χ3n) is 9.43. The quantitative estimate of drug-likeness (QED) is 0.190. The fraction of sp³-hybridized carbons (Fsp3) is 0.302. The standard InChI is InChI=1S/C43H45Cl/c1-40(2,3)31-24-28(25-32(26-31)41(4,5)6)34-22-23-36(42(7,8)9)39-38(34)35-21-20-33(44)27-37(35)43(39,29-16-12-10-13-17-29)30-18-14-11-15-19-30/h10-27H,1-9H3. The van der Waals surface area contributed by atoms with Crippen molar-refractivity contribution >= 4 is 11.6 Å². The summed E-state index contributed by atoms with van der Waals surface area (Å²) in [5, 5.41) is 0.761. The first kappa shape index (κ1) is 30.4. The summed E-state index contributed by atoms with van der Waals surface area (Å²) >= 11 is 6.90. The molecule has 1 aliphatic rings. The lowest BCUT2D eigenvalue weighted by atomic mass is 9.64.